The maximum absolute atomic E-state index is 11.2. The summed E-state index contributed by atoms with van der Waals surface area (Å²) in [7, 11) is 0. The van der Waals surface area contributed by atoms with Crippen LogP contribution in [-0.4, -0.2) is 16.1 Å². The summed E-state index contributed by atoms with van der Waals surface area (Å²) in [6.07, 6.45) is 0. The van der Waals surface area contributed by atoms with Crippen molar-refractivity contribution in [3.63, 3.8) is 0 Å². The molecular weight excluding hydrogens is 230 g/mol. The van der Waals surface area contributed by atoms with E-state index in [0.717, 1.165) is 11.3 Å². The van der Waals surface area contributed by atoms with E-state index >= 15 is 0 Å². The molecule has 0 spiro atoms. The van der Waals surface area contributed by atoms with Crippen molar-refractivity contribution >= 4 is 23.1 Å². The lowest BCUT2D eigenvalue weighted by molar-refractivity contribution is 0.0995. The van der Waals surface area contributed by atoms with Crippen LogP contribution < -0.4 is 16.8 Å². The number of nitrogens with one attached hydrogen (secondary N) is 1. The molecule has 0 aliphatic heterocycles. The fraction of sp³-hybridized carbons (Fsp3) is 0.0833. The van der Waals surface area contributed by atoms with Gasteiger partial charge in [0.25, 0.3) is 5.91 Å². The van der Waals surface area contributed by atoms with Gasteiger partial charge in [-0.15, -0.1) is 10.2 Å². The SMILES string of the molecule is Cc1ccc(Nc2cc(N)nnc2C(N)=O)cc1. The van der Waals surface area contributed by atoms with Crippen molar-refractivity contribution in [1.29, 1.82) is 0 Å². The van der Waals surface area contributed by atoms with Gasteiger partial charge in [-0.05, 0) is 19.1 Å². The summed E-state index contributed by atoms with van der Waals surface area (Å²) in [4.78, 5) is 11.2. The van der Waals surface area contributed by atoms with Gasteiger partial charge in [-0.25, -0.2) is 0 Å². The fourth-order valence-electron chi connectivity index (χ4n) is 1.48. The van der Waals surface area contributed by atoms with Gasteiger partial charge in [-0.2, -0.15) is 0 Å². The highest BCUT2D eigenvalue weighted by molar-refractivity contribution is 5.97. The molecule has 1 aromatic carbocycles. The molecule has 0 saturated carbocycles. The van der Waals surface area contributed by atoms with Crippen LogP contribution in [-0.2, 0) is 0 Å². The van der Waals surface area contributed by atoms with Gasteiger partial charge >= 0.3 is 0 Å². The lowest BCUT2D eigenvalue weighted by Crippen LogP contribution is -2.16. The Hall–Kier alpha value is -2.63. The highest BCUT2D eigenvalue weighted by atomic mass is 16.1. The minimum atomic E-state index is -0.655. The van der Waals surface area contributed by atoms with Crippen molar-refractivity contribution in [3.05, 3.63) is 41.6 Å². The summed E-state index contributed by atoms with van der Waals surface area (Å²) in [6, 6.07) is 9.19. The van der Waals surface area contributed by atoms with Crippen molar-refractivity contribution in [2.75, 3.05) is 11.1 Å². The molecule has 1 aromatic heterocycles. The molecule has 0 saturated heterocycles. The maximum Gasteiger partial charge on any atom is 0.271 e. The van der Waals surface area contributed by atoms with E-state index in [4.69, 9.17) is 11.5 Å². The molecule has 6 heteroatoms. The van der Waals surface area contributed by atoms with Crippen LogP contribution in [0, 0.1) is 6.92 Å². The predicted molar refractivity (Wildman–Crippen MR) is 69.4 cm³/mol. The van der Waals surface area contributed by atoms with E-state index in [1.54, 1.807) is 0 Å². The van der Waals surface area contributed by atoms with Gasteiger partial charge in [0.2, 0.25) is 0 Å². The molecule has 2 rings (SSSR count). The number of carbonyl (C=O) groups excluding carboxylic acids is 1. The molecule has 2 aromatic rings. The average molecular weight is 243 g/mol. The van der Waals surface area contributed by atoms with Crippen LogP contribution in [0.3, 0.4) is 0 Å². The van der Waals surface area contributed by atoms with Crippen LogP contribution in [0.4, 0.5) is 17.2 Å². The molecule has 18 heavy (non-hydrogen) atoms. The van der Waals surface area contributed by atoms with Gasteiger partial charge in [-0.3, -0.25) is 4.79 Å². The number of hydrogen-bond donors (Lipinski definition) is 3. The second-order valence-electron chi connectivity index (χ2n) is 3.89. The maximum atomic E-state index is 11.2. The molecule has 0 fully saturated rings. The van der Waals surface area contributed by atoms with Gasteiger partial charge in [0.15, 0.2) is 5.69 Å². The first-order valence-corrected chi connectivity index (χ1v) is 5.33. The molecule has 0 bridgehead atoms. The Morgan fingerprint density at radius 3 is 2.50 bits per heavy atom. The molecule has 1 heterocycles. The number of nitrogen functional groups attached to an aromatic ring is 1. The summed E-state index contributed by atoms with van der Waals surface area (Å²) < 4.78 is 0. The number of benzene rings is 1. The van der Waals surface area contributed by atoms with Gasteiger partial charge in [0, 0.05) is 11.8 Å². The van der Waals surface area contributed by atoms with Gasteiger partial charge in [0.1, 0.15) is 5.82 Å². The number of primary amides is 1. The molecule has 0 atom stereocenters. The molecule has 0 aliphatic carbocycles. The Morgan fingerprint density at radius 1 is 1.22 bits per heavy atom. The molecule has 5 N–H and O–H groups in total. The fourth-order valence-corrected chi connectivity index (χ4v) is 1.48. The minimum absolute atomic E-state index is 0.0600. The largest absolute Gasteiger partial charge is 0.382 e. The highest BCUT2D eigenvalue weighted by Gasteiger charge is 2.11. The van der Waals surface area contributed by atoms with E-state index < -0.39 is 5.91 Å². The topological polar surface area (TPSA) is 107 Å². The van der Waals surface area contributed by atoms with Crippen LogP contribution in [0.1, 0.15) is 16.1 Å². The molecule has 92 valence electrons. The summed E-state index contributed by atoms with van der Waals surface area (Å²) in [5, 5.41) is 10.3. The Labute approximate surface area is 104 Å². The molecule has 0 unspecified atom stereocenters. The third-order valence-corrected chi connectivity index (χ3v) is 2.38. The zero-order valence-corrected chi connectivity index (χ0v) is 9.84. The van der Waals surface area contributed by atoms with E-state index in [1.165, 1.54) is 6.07 Å². The van der Waals surface area contributed by atoms with Crippen molar-refractivity contribution in [3.8, 4) is 0 Å². The smallest absolute Gasteiger partial charge is 0.271 e. The molecule has 6 nitrogen and oxygen atoms in total. The van der Waals surface area contributed by atoms with Crippen LogP contribution in [0.15, 0.2) is 30.3 Å². The number of carbonyl (C=O) groups is 1. The highest BCUT2D eigenvalue weighted by Crippen LogP contribution is 2.20. The van der Waals surface area contributed by atoms with Crippen LogP contribution in [0.2, 0.25) is 0 Å². The van der Waals surface area contributed by atoms with Crippen molar-refractivity contribution in [1.82, 2.24) is 10.2 Å². The number of amides is 1. The molecule has 0 radical (unpaired) electrons. The molecule has 1 amide bonds. The zero-order chi connectivity index (χ0) is 13.1. The average Bonchev–Trinajstić information content (AvgIpc) is 2.32. The number of hydrogen-bond acceptors (Lipinski definition) is 5. The predicted octanol–water partition coefficient (Wildman–Crippen LogP) is 1.21. The lowest BCUT2D eigenvalue weighted by Gasteiger charge is -2.09. The second-order valence-corrected chi connectivity index (χ2v) is 3.89. The van der Waals surface area contributed by atoms with E-state index in [0.29, 0.717) is 5.69 Å². The first-order chi connectivity index (χ1) is 8.56. The number of nitrogens with two attached hydrogens (primary N) is 2. The number of nitrogens with zero attached hydrogens (tertiary/aromatic N) is 2. The minimum Gasteiger partial charge on any atom is -0.382 e. The van der Waals surface area contributed by atoms with Gasteiger partial charge in [-0.1, -0.05) is 17.7 Å². The van der Waals surface area contributed by atoms with Gasteiger partial charge < -0.3 is 16.8 Å². The van der Waals surface area contributed by atoms with E-state index in [1.807, 2.05) is 31.2 Å². The quantitative estimate of drug-likeness (QED) is 0.751. The summed E-state index contributed by atoms with van der Waals surface area (Å²) in [6.45, 7) is 1.99. The van der Waals surface area contributed by atoms with Crippen molar-refractivity contribution in [2.24, 2.45) is 5.73 Å². The van der Waals surface area contributed by atoms with E-state index in [9.17, 15) is 4.79 Å². The third kappa shape index (κ3) is 2.54. The summed E-state index contributed by atoms with van der Waals surface area (Å²) in [5.74, 6) is -0.438. The number of aryl methyl sites for hydroxylation is 1. The number of aromatic nitrogens is 2. The van der Waals surface area contributed by atoms with Gasteiger partial charge in [0.05, 0.1) is 5.69 Å². The Morgan fingerprint density at radius 2 is 1.89 bits per heavy atom. The monoisotopic (exact) mass is 243 g/mol. The zero-order valence-electron chi connectivity index (χ0n) is 9.84. The normalized spacial score (nSPS) is 10.1. The standard InChI is InChI=1S/C12H13N5O/c1-7-2-4-8(5-3-7)15-9-6-10(13)16-17-11(9)12(14)18/h2-6H,1H3,(H2,14,18)(H3,13,15,16). The third-order valence-electron chi connectivity index (χ3n) is 2.38. The summed E-state index contributed by atoms with van der Waals surface area (Å²) in [5.41, 5.74) is 13.2. The van der Waals surface area contributed by atoms with Crippen LogP contribution >= 0.6 is 0 Å². The lowest BCUT2D eigenvalue weighted by atomic mass is 10.2. The molecular formula is C12H13N5O. The van der Waals surface area contributed by atoms with Crippen LogP contribution in [0.5, 0.6) is 0 Å². The Bertz CT molecular complexity index is 580. The number of anilines is 3. The first kappa shape index (κ1) is 11.8. The second kappa shape index (κ2) is 4.70. The summed E-state index contributed by atoms with van der Waals surface area (Å²) >= 11 is 0. The van der Waals surface area contributed by atoms with Crippen LogP contribution in [0.25, 0.3) is 0 Å². The van der Waals surface area contributed by atoms with Crippen molar-refractivity contribution < 1.29 is 4.79 Å². The van der Waals surface area contributed by atoms with E-state index in [-0.39, 0.29) is 11.5 Å². The first-order valence-electron chi connectivity index (χ1n) is 5.33. The van der Waals surface area contributed by atoms with Crippen molar-refractivity contribution in [2.45, 2.75) is 6.92 Å². The number of rotatable bonds is 3. The Balaban J connectivity index is 2.35. The Kier molecular flexibility index (Phi) is 3.09. The molecule has 0 aliphatic rings. The van der Waals surface area contributed by atoms with E-state index in [2.05, 4.69) is 15.5 Å².